The second-order valence-electron chi connectivity index (χ2n) is 10.5. The Hall–Kier alpha value is -3.42. The van der Waals surface area contributed by atoms with Crippen molar-refractivity contribution in [1.82, 2.24) is 29.5 Å². The van der Waals surface area contributed by atoms with Gasteiger partial charge in [0.1, 0.15) is 11.9 Å². The summed E-state index contributed by atoms with van der Waals surface area (Å²) in [6.07, 6.45) is 4.11. The van der Waals surface area contributed by atoms with E-state index in [1.165, 1.54) is 16.7 Å². The van der Waals surface area contributed by atoms with Crippen LogP contribution in [0.4, 0.5) is 4.79 Å². The second kappa shape index (κ2) is 7.82. The van der Waals surface area contributed by atoms with Gasteiger partial charge in [0.05, 0.1) is 29.0 Å². The highest BCUT2D eigenvalue weighted by Crippen LogP contribution is 2.38. The number of pyridine rings is 2. The van der Waals surface area contributed by atoms with Crippen LogP contribution in [-0.2, 0) is 17.7 Å². The standard InChI is InChI=1S/C26H32N6O2/c1-14(2)21-22(18-11-32-24(27-13-28-32)16(4)15(18)3)29-19-10-17-8-9-31(12-20(17)30-23(19)21)25(33)34-26(5,6)7/h10-11,13-14,29H,8-9,12H2,1-7H3. The lowest BCUT2D eigenvalue weighted by Gasteiger charge is -2.30. The summed E-state index contributed by atoms with van der Waals surface area (Å²) >= 11 is 0. The van der Waals surface area contributed by atoms with Crippen molar-refractivity contribution in [2.45, 2.75) is 73.0 Å². The van der Waals surface area contributed by atoms with Crippen LogP contribution in [0.3, 0.4) is 0 Å². The lowest BCUT2D eigenvalue weighted by Crippen LogP contribution is -2.40. The van der Waals surface area contributed by atoms with Gasteiger partial charge in [-0.05, 0) is 69.7 Å². The molecule has 1 aliphatic rings. The van der Waals surface area contributed by atoms with Crippen LogP contribution in [0.5, 0.6) is 0 Å². The van der Waals surface area contributed by atoms with Gasteiger partial charge in [0.2, 0.25) is 0 Å². The minimum Gasteiger partial charge on any atom is -0.444 e. The molecule has 0 unspecified atom stereocenters. The number of aromatic amines is 1. The molecule has 34 heavy (non-hydrogen) atoms. The van der Waals surface area contributed by atoms with E-state index in [1.54, 1.807) is 11.2 Å². The SMILES string of the molecule is Cc1c(-c2[nH]c3cc4c(nc3c2C(C)C)CN(C(=O)OC(C)(C)C)CC4)cn2ncnc2c1C. The number of hydrogen-bond donors (Lipinski definition) is 1. The normalized spacial score (nSPS) is 14.3. The number of carbonyl (C=O) groups is 1. The first-order valence-corrected chi connectivity index (χ1v) is 11.9. The first-order valence-electron chi connectivity index (χ1n) is 11.9. The van der Waals surface area contributed by atoms with E-state index in [0.29, 0.717) is 13.1 Å². The number of hydrogen-bond acceptors (Lipinski definition) is 5. The molecule has 0 atom stereocenters. The van der Waals surface area contributed by atoms with Gasteiger partial charge in [0.25, 0.3) is 0 Å². The van der Waals surface area contributed by atoms with Crippen LogP contribution in [0.2, 0.25) is 0 Å². The monoisotopic (exact) mass is 460 g/mol. The number of aryl methyl sites for hydroxylation is 1. The maximum absolute atomic E-state index is 12.7. The molecule has 8 heteroatoms. The molecule has 0 aromatic carbocycles. The summed E-state index contributed by atoms with van der Waals surface area (Å²) in [4.78, 5) is 27.6. The zero-order valence-corrected chi connectivity index (χ0v) is 21.0. The van der Waals surface area contributed by atoms with E-state index in [-0.39, 0.29) is 12.0 Å². The summed E-state index contributed by atoms with van der Waals surface area (Å²) in [5.74, 6) is 0.256. The van der Waals surface area contributed by atoms with Gasteiger partial charge in [-0.2, -0.15) is 5.10 Å². The van der Waals surface area contributed by atoms with E-state index in [9.17, 15) is 4.79 Å². The van der Waals surface area contributed by atoms with Gasteiger partial charge in [0, 0.05) is 23.9 Å². The maximum atomic E-state index is 12.7. The van der Waals surface area contributed by atoms with E-state index in [2.05, 4.69) is 48.8 Å². The molecule has 0 saturated heterocycles. The minimum atomic E-state index is -0.518. The van der Waals surface area contributed by atoms with Gasteiger partial charge in [0.15, 0.2) is 5.65 Å². The van der Waals surface area contributed by atoms with Crippen LogP contribution >= 0.6 is 0 Å². The predicted molar refractivity (Wildman–Crippen MR) is 132 cm³/mol. The molecule has 0 bridgehead atoms. The van der Waals surface area contributed by atoms with Crippen LogP contribution < -0.4 is 0 Å². The van der Waals surface area contributed by atoms with Crippen LogP contribution in [0.1, 0.15) is 68.5 Å². The lowest BCUT2D eigenvalue weighted by atomic mass is 9.95. The Morgan fingerprint density at radius 3 is 2.68 bits per heavy atom. The molecular formula is C26H32N6O2. The van der Waals surface area contributed by atoms with Crippen molar-refractivity contribution < 1.29 is 9.53 Å². The Kier molecular flexibility index (Phi) is 5.15. The minimum absolute atomic E-state index is 0.256. The molecule has 0 fully saturated rings. The topological polar surface area (TPSA) is 88.4 Å². The number of H-pyrrole nitrogens is 1. The molecule has 5 rings (SSSR count). The molecule has 1 N–H and O–H groups in total. The zero-order chi connectivity index (χ0) is 24.4. The van der Waals surface area contributed by atoms with Crippen molar-refractivity contribution in [3.05, 3.63) is 46.5 Å². The van der Waals surface area contributed by atoms with Crippen molar-refractivity contribution in [1.29, 1.82) is 0 Å². The number of carbonyl (C=O) groups excluding carboxylic acids is 1. The van der Waals surface area contributed by atoms with Gasteiger partial charge in [-0.3, -0.25) is 0 Å². The smallest absolute Gasteiger partial charge is 0.410 e. The Morgan fingerprint density at radius 2 is 1.97 bits per heavy atom. The molecule has 1 amide bonds. The maximum Gasteiger partial charge on any atom is 0.410 e. The first kappa shape index (κ1) is 22.4. The van der Waals surface area contributed by atoms with E-state index < -0.39 is 5.60 Å². The summed E-state index contributed by atoms with van der Waals surface area (Å²) < 4.78 is 7.43. The Balaban J connectivity index is 1.62. The number of ether oxygens (including phenoxy) is 1. The Morgan fingerprint density at radius 1 is 1.21 bits per heavy atom. The van der Waals surface area contributed by atoms with Crippen LogP contribution in [0.15, 0.2) is 18.6 Å². The summed E-state index contributed by atoms with van der Waals surface area (Å²) in [5.41, 5.74) is 10.1. The first-order chi connectivity index (χ1) is 16.0. The van der Waals surface area contributed by atoms with Crippen LogP contribution in [-0.4, -0.2) is 47.7 Å². The quantitative estimate of drug-likeness (QED) is 0.438. The molecule has 1 aliphatic heterocycles. The fourth-order valence-electron chi connectivity index (χ4n) is 4.79. The summed E-state index contributed by atoms with van der Waals surface area (Å²) in [5, 5.41) is 4.38. The van der Waals surface area contributed by atoms with E-state index in [1.807, 2.05) is 31.5 Å². The third-order valence-electron chi connectivity index (χ3n) is 6.59. The second-order valence-corrected chi connectivity index (χ2v) is 10.5. The fourth-order valence-corrected chi connectivity index (χ4v) is 4.79. The molecular weight excluding hydrogens is 428 g/mol. The highest BCUT2D eigenvalue weighted by Gasteiger charge is 2.28. The Bertz CT molecular complexity index is 1420. The van der Waals surface area contributed by atoms with E-state index in [0.717, 1.165) is 45.6 Å². The van der Waals surface area contributed by atoms with Crippen molar-refractivity contribution >= 4 is 22.8 Å². The zero-order valence-electron chi connectivity index (χ0n) is 21.0. The van der Waals surface area contributed by atoms with E-state index >= 15 is 0 Å². The van der Waals surface area contributed by atoms with E-state index in [4.69, 9.17) is 9.72 Å². The summed E-state index contributed by atoms with van der Waals surface area (Å²) in [7, 11) is 0. The molecule has 0 radical (unpaired) electrons. The highest BCUT2D eigenvalue weighted by atomic mass is 16.6. The number of aromatic nitrogens is 5. The summed E-state index contributed by atoms with van der Waals surface area (Å²) in [6, 6.07) is 2.20. The average Bonchev–Trinajstić information content (AvgIpc) is 3.37. The van der Waals surface area contributed by atoms with Gasteiger partial charge in [-0.1, -0.05) is 13.8 Å². The van der Waals surface area contributed by atoms with Crippen molar-refractivity contribution in [3.8, 4) is 11.3 Å². The van der Waals surface area contributed by atoms with Crippen molar-refractivity contribution in [3.63, 3.8) is 0 Å². The number of amides is 1. The molecule has 8 nitrogen and oxygen atoms in total. The number of nitrogens with zero attached hydrogens (tertiary/aromatic N) is 5. The average molecular weight is 461 g/mol. The third kappa shape index (κ3) is 3.71. The molecule has 0 saturated carbocycles. The number of fused-ring (bicyclic) bond motifs is 3. The molecule has 0 aliphatic carbocycles. The molecule has 4 aromatic rings. The summed E-state index contributed by atoms with van der Waals surface area (Å²) in [6.45, 7) is 15.4. The van der Waals surface area contributed by atoms with Gasteiger partial charge < -0.3 is 14.6 Å². The highest BCUT2D eigenvalue weighted by molar-refractivity contribution is 5.90. The van der Waals surface area contributed by atoms with Gasteiger partial charge in [-0.15, -0.1) is 0 Å². The number of nitrogens with one attached hydrogen (secondary N) is 1. The lowest BCUT2D eigenvalue weighted by molar-refractivity contribution is 0.0221. The molecule has 0 spiro atoms. The van der Waals surface area contributed by atoms with Crippen molar-refractivity contribution in [2.24, 2.45) is 0 Å². The molecule has 178 valence electrons. The third-order valence-corrected chi connectivity index (χ3v) is 6.59. The number of rotatable bonds is 2. The predicted octanol–water partition coefficient (Wildman–Crippen LogP) is 5.31. The molecule has 5 heterocycles. The largest absolute Gasteiger partial charge is 0.444 e. The van der Waals surface area contributed by atoms with Crippen LogP contribution in [0, 0.1) is 13.8 Å². The molecule has 4 aromatic heterocycles. The van der Waals surface area contributed by atoms with Gasteiger partial charge >= 0.3 is 6.09 Å². The van der Waals surface area contributed by atoms with Crippen LogP contribution in [0.25, 0.3) is 27.9 Å². The Labute approximate surface area is 199 Å². The van der Waals surface area contributed by atoms with Crippen molar-refractivity contribution in [2.75, 3.05) is 6.54 Å². The van der Waals surface area contributed by atoms with Gasteiger partial charge in [-0.25, -0.2) is 19.3 Å². The fraction of sp³-hybridized carbons (Fsp3) is 0.462.